The molecule has 4 heteroatoms. The quantitative estimate of drug-likeness (QED) is 0.674. The van der Waals surface area contributed by atoms with Crippen LogP contribution in [0.1, 0.15) is 5.82 Å². The van der Waals surface area contributed by atoms with E-state index in [1.165, 1.54) is 5.46 Å². The van der Waals surface area contributed by atoms with Crippen LogP contribution in [0.5, 0.6) is 0 Å². The van der Waals surface area contributed by atoms with E-state index < -0.39 is 0 Å². The fourth-order valence-corrected chi connectivity index (χ4v) is 1.34. The third kappa shape index (κ3) is 2.16. The second kappa shape index (κ2) is 4.00. The summed E-state index contributed by atoms with van der Waals surface area (Å²) < 4.78 is 0. The van der Waals surface area contributed by atoms with E-state index in [1.807, 2.05) is 12.3 Å². The van der Waals surface area contributed by atoms with Crippen molar-refractivity contribution in [2.24, 2.45) is 0 Å². The van der Waals surface area contributed by atoms with Crippen molar-refractivity contribution in [1.82, 2.24) is 9.97 Å². The summed E-state index contributed by atoms with van der Waals surface area (Å²) in [7, 11) is 2.08. The van der Waals surface area contributed by atoms with Crippen molar-refractivity contribution in [2.45, 2.75) is 6.54 Å². The normalized spacial score (nSPS) is 10.0. The molecule has 3 nitrogen and oxygen atoms in total. The number of imidazole rings is 1. The average Bonchev–Trinajstić information content (AvgIpc) is 2.67. The zero-order chi connectivity index (χ0) is 9.80. The van der Waals surface area contributed by atoms with E-state index in [4.69, 9.17) is 0 Å². The highest BCUT2D eigenvalue weighted by Crippen LogP contribution is 2.04. The van der Waals surface area contributed by atoms with Gasteiger partial charge in [0.25, 0.3) is 0 Å². The molecular formula is C10H12BN3. The predicted octanol–water partition coefficient (Wildman–Crippen LogP) is 0.280. The largest absolute Gasteiger partial charge is 0.378 e. The Labute approximate surface area is 84.0 Å². The first kappa shape index (κ1) is 8.87. The van der Waals surface area contributed by atoms with Crippen LogP contribution in [0.3, 0.4) is 0 Å². The van der Waals surface area contributed by atoms with E-state index in [-0.39, 0.29) is 0 Å². The summed E-state index contributed by atoms with van der Waals surface area (Å²) >= 11 is 0. The van der Waals surface area contributed by atoms with Gasteiger partial charge in [-0.2, -0.15) is 0 Å². The molecule has 0 bridgehead atoms. The van der Waals surface area contributed by atoms with Crippen molar-refractivity contribution in [3.8, 4) is 0 Å². The molecule has 0 atom stereocenters. The van der Waals surface area contributed by atoms with Crippen LogP contribution in [0.15, 0.2) is 36.7 Å². The molecule has 0 saturated carbocycles. The highest BCUT2D eigenvalue weighted by atomic mass is 15.0. The third-order valence-electron chi connectivity index (χ3n) is 2.03. The van der Waals surface area contributed by atoms with Crippen LogP contribution in [0.4, 0.5) is 5.69 Å². The molecule has 0 saturated heterocycles. The van der Waals surface area contributed by atoms with Gasteiger partial charge in [0, 0.05) is 18.1 Å². The van der Waals surface area contributed by atoms with Crippen molar-refractivity contribution in [3.63, 3.8) is 0 Å². The van der Waals surface area contributed by atoms with Crippen LogP contribution in [0, 0.1) is 0 Å². The van der Waals surface area contributed by atoms with Crippen molar-refractivity contribution >= 4 is 19.0 Å². The minimum absolute atomic E-state index is 0.733. The van der Waals surface area contributed by atoms with Crippen LogP contribution >= 0.6 is 0 Å². The minimum Gasteiger partial charge on any atom is -0.378 e. The first-order valence-electron chi connectivity index (χ1n) is 4.63. The monoisotopic (exact) mass is 185 g/mol. The first-order chi connectivity index (χ1) is 6.84. The SMILES string of the molecule is Bc1cccc(NCc2ncc[nH]2)c1. The van der Waals surface area contributed by atoms with Gasteiger partial charge in [-0.3, -0.25) is 0 Å². The van der Waals surface area contributed by atoms with Crippen molar-refractivity contribution < 1.29 is 0 Å². The Bertz CT molecular complexity index is 398. The number of H-pyrrole nitrogens is 1. The molecule has 2 rings (SSSR count). The van der Waals surface area contributed by atoms with E-state index in [2.05, 4.69) is 41.3 Å². The molecule has 0 aliphatic heterocycles. The molecule has 2 N–H and O–H groups in total. The van der Waals surface area contributed by atoms with Gasteiger partial charge in [0.2, 0.25) is 0 Å². The van der Waals surface area contributed by atoms with E-state index in [0.29, 0.717) is 0 Å². The molecule has 1 aromatic carbocycles. The Kier molecular flexibility index (Phi) is 2.54. The Morgan fingerprint density at radius 3 is 3.07 bits per heavy atom. The number of rotatable bonds is 3. The Hall–Kier alpha value is -1.71. The molecule has 0 spiro atoms. The fraction of sp³-hybridized carbons (Fsp3) is 0.100. The Balaban J connectivity index is 1.98. The van der Waals surface area contributed by atoms with Gasteiger partial charge in [0.05, 0.1) is 6.54 Å². The van der Waals surface area contributed by atoms with Gasteiger partial charge < -0.3 is 10.3 Å². The summed E-state index contributed by atoms with van der Waals surface area (Å²) in [5.41, 5.74) is 2.39. The molecule has 0 unspecified atom stereocenters. The highest BCUT2D eigenvalue weighted by Gasteiger charge is 1.94. The Morgan fingerprint density at radius 1 is 1.43 bits per heavy atom. The van der Waals surface area contributed by atoms with Crippen LogP contribution < -0.4 is 10.8 Å². The molecule has 0 radical (unpaired) electrons. The number of aromatic amines is 1. The zero-order valence-electron chi connectivity index (χ0n) is 8.12. The molecule has 0 fully saturated rings. The summed E-state index contributed by atoms with van der Waals surface area (Å²) in [6.07, 6.45) is 3.58. The molecule has 0 aliphatic rings. The van der Waals surface area contributed by atoms with Gasteiger partial charge in [0.15, 0.2) is 0 Å². The van der Waals surface area contributed by atoms with E-state index in [1.54, 1.807) is 6.20 Å². The van der Waals surface area contributed by atoms with Gasteiger partial charge in [-0.25, -0.2) is 4.98 Å². The number of nitrogens with one attached hydrogen (secondary N) is 2. The fourth-order valence-electron chi connectivity index (χ4n) is 1.34. The van der Waals surface area contributed by atoms with Crippen LogP contribution in [0.2, 0.25) is 0 Å². The van der Waals surface area contributed by atoms with Gasteiger partial charge in [-0.05, 0) is 12.1 Å². The summed E-state index contributed by atoms with van der Waals surface area (Å²) in [5.74, 6) is 0.950. The highest BCUT2D eigenvalue weighted by molar-refractivity contribution is 6.32. The number of aromatic nitrogens is 2. The summed E-state index contributed by atoms with van der Waals surface area (Å²) in [6, 6.07) is 8.29. The maximum atomic E-state index is 4.14. The number of benzene rings is 1. The molecule has 1 aromatic heterocycles. The number of nitrogens with zero attached hydrogens (tertiary/aromatic N) is 1. The lowest BCUT2D eigenvalue weighted by Gasteiger charge is -2.04. The van der Waals surface area contributed by atoms with Crippen molar-refractivity contribution in [3.05, 3.63) is 42.5 Å². The van der Waals surface area contributed by atoms with Crippen LogP contribution in [-0.4, -0.2) is 17.8 Å². The lowest BCUT2D eigenvalue weighted by atomic mass is 9.96. The second-order valence-corrected chi connectivity index (χ2v) is 3.26. The van der Waals surface area contributed by atoms with Gasteiger partial charge >= 0.3 is 0 Å². The molecule has 1 heterocycles. The zero-order valence-corrected chi connectivity index (χ0v) is 8.12. The predicted molar refractivity (Wildman–Crippen MR) is 60.5 cm³/mol. The minimum atomic E-state index is 0.733. The van der Waals surface area contributed by atoms with Crippen LogP contribution in [0.25, 0.3) is 0 Å². The van der Waals surface area contributed by atoms with Crippen LogP contribution in [-0.2, 0) is 6.54 Å². The molecule has 0 aliphatic carbocycles. The van der Waals surface area contributed by atoms with E-state index >= 15 is 0 Å². The van der Waals surface area contributed by atoms with E-state index in [9.17, 15) is 0 Å². The molecular weight excluding hydrogens is 173 g/mol. The Morgan fingerprint density at radius 2 is 2.36 bits per heavy atom. The first-order valence-corrected chi connectivity index (χ1v) is 4.63. The summed E-state index contributed by atoms with van der Waals surface area (Å²) in [6.45, 7) is 0.733. The average molecular weight is 185 g/mol. The molecule has 70 valence electrons. The van der Waals surface area contributed by atoms with Crippen molar-refractivity contribution in [2.75, 3.05) is 5.32 Å². The second-order valence-electron chi connectivity index (χ2n) is 3.26. The molecule has 14 heavy (non-hydrogen) atoms. The third-order valence-corrected chi connectivity index (χ3v) is 2.03. The standard InChI is InChI=1S/C10H12BN3/c11-8-2-1-3-9(6-8)14-7-10-12-4-5-13-10/h1-6,14H,7,11H2,(H,12,13). The van der Waals surface area contributed by atoms with Gasteiger partial charge in [0.1, 0.15) is 13.7 Å². The maximum absolute atomic E-state index is 4.14. The molecule has 0 amide bonds. The summed E-state index contributed by atoms with van der Waals surface area (Å²) in [5, 5.41) is 3.29. The van der Waals surface area contributed by atoms with Crippen molar-refractivity contribution in [1.29, 1.82) is 0 Å². The smallest absolute Gasteiger partial charge is 0.139 e. The van der Waals surface area contributed by atoms with Gasteiger partial charge in [-0.1, -0.05) is 17.6 Å². The summed E-state index contributed by atoms with van der Waals surface area (Å²) in [4.78, 5) is 7.18. The molecule has 2 aromatic rings. The lowest BCUT2D eigenvalue weighted by molar-refractivity contribution is 1.00. The topological polar surface area (TPSA) is 40.7 Å². The number of hydrogen-bond acceptors (Lipinski definition) is 2. The van der Waals surface area contributed by atoms with E-state index in [0.717, 1.165) is 18.1 Å². The number of anilines is 1. The number of hydrogen-bond donors (Lipinski definition) is 2. The lowest BCUT2D eigenvalue weighted by Crippen LogP contribution is -2.06. The van der Waals surface area contributed by atoms with Gasteiger partial charge in [-0.15, -0.1) is 0 Å². The maximum Gasteiger partial charge on any atom is 0.139 e.